The SMILES string of the molecule is COc1ccc(Nc2nc3ccccc3nc2NS(=O)(=O)c2ccc(Cl)c([N+](=O)[O-])c2)cc1. The van der Waals surface area contributed by atoms with Crippen molar-refractivity contribution in [1.29, 1.82) is 0 Å². The summed E-state index contributed by atoms with van der Waals surface area (Å²) in [4.78, 5) is 19.0. The smallest absolute Gasteiger partial charge is 0.289 e. The number of sulfonamides is 1. The number of hydrogen-bond acceptors (Lipinski definition) is 8. The molecule has 0 fully saturated rings. The highest BCUT2D eigenvalue weighted by Crippen LogP contribution is 2.30. The van der Waals surface area contributed by atoms with Gasteiger partial charge in [-0.25, -0.2) is 18.4 Å². The van der Waals surface area contributed by atoms with Crippen LogP contribution >= 0.6 is 11.6 Å². The number of nitro groups is 1. The summed E-state index contributed by atoms with van der Waals surface area (Å²) in [5.74, 6) is 0.712. The fourth-order valence-electron chi connectivity index (χ4n) is 2.96. The van der Waals surface area contributed by atoms with Crippen LogP contribution in [0.25, 0.3) is 11.0 Å². The third kappa shape index (κ3) is 4.78. The Morgan fingerprint density at radius 3 is 2.21 bits per heavy atom. The lowest BCUT2D eigenvalue weighted by atomic mass is 10.3. The second-order valence-corrected chi connectivity index (χ2v) is 8.83. The summed E-state index contributed by atoms with van der Waals surface area (Å²) >= 11 is 5.81. The molecule has 1 heterocycles. The number of ether oxygens (including phenoxy) is 1. The highest BCUT2D eigenvalue weighted by atomic mass is 35.5. The predicted octanol–water partition coefficient (Wildman–Crippen LogP) is 4.74. The molecule has 12 heteroatoms. The van der Waals surface area contributed by atoms with Gasteiger partial charge in [0.15, 0.2) is 11.6 Å². The van der Waals surface area contributed by atoms with Crippen molar-refractivity contribution in [3.05, 3.63) is 81.9 Å². The van der Waals surface area contributed by atoms with E-state index < -0.39 is 20.6 Å². The van der Waals surface area contributed by atoms with Crippen LogP contribution < -0.4 is 14.8 Å². The molecule has 0 atom stereocenters. The average molecular weight is 486 g/mol. The first-order valence-electron chi connectivity index (χ1n) is 9.41. The van der Waals surface area contributed by atoms with Crippen molar-refractivity contribution in [2.45, 2.75) is 4.90 Å². The maximum absolute atomic E-state index is 13.0. The molecule has 0 spiro atoms. The minimum Gasteiger partial charge on any atom is -0.497 e. The maximum Gasteiger partial charge on any atom is 0.289 e. The Labute approximate surface area is 193 Å². The Kier molecular flexibility index (Phi) is 5.99. The van der Waals surface area contributed by atoms with Crippen LogP contribution in [0, 0.1) is 10.1 Å². The number of halogens is 1. The Morgan fingerprint density at radius 2 is 1.61 bits per heavy atom. The molecule has 4 aromatic rings. The fourth-order valence-corrected chi connectivity index (χ4v) is 4.17. The molecular weight excluding hydrogens is 470 g/mol. The van der Waals surface area contributed by atoms with Gasteiger partial charge in [-0.1, -0.05) is 23.7 Å². The zero-order valence-corrected chi connectivity index (χ0v) is 18.6. The summed E-state index contributed by atoms with van der Waals surface area (Å²) in [7, 11) is -2.71. The molecule has 2 N–H and O–H groups in total. The lowest BCUT2D eigenvalue weighted by molar-refractivity contribution is -0.384. The van der Waals surface area contributed by atoms with Gasteiger partial charge in [-0.2, -0.15) is 0 Å². The summed E-state index contributed by atoms with van der Waals surface area (Å²) in [6.45, 7) is 0. The van der Waals surface area contributed by atoms with Gasteiger partial charge in [-0.3, -0.25) is 14.8 Å². The quantitative estimate of drug-likeness (QED) is 0.283. The monoisotopic (exact) mass is 485 g/mol. The van der Waals surface area contributed by atoms with Crippen molar-refractivity contribution >= 4 is 55.7 Å². The van der Waals surface area contributed by atoms with Crippen molar-refractivity contribution in [2.24, 2.45) is 0 Å². The number of methoxy groups -OCH3 is 1. The molecule has 168 valence electrons. The average Bonchev–Trinajstić information content (AvgIpc) is 2.79. The number of fused-ring (bicyclic) bond motifs is 1. The molecule has 0 unspecified atom stereocenters. The van der Waals surface area contributed by atoms with Gasteiger partial charge in [0.1, 0.15) is 10.8 Å². The Balaban J connectivity index is 1.76. The van der Waals surface area contributed by atoms with Gasteiger partial charge in [0.2, 0.25) is 0 Å². The first kappa shape index (κ1) is 22.2. The number of benzene rings is 3. The van der Waals surface area contributed by atoms with E-state index in [1.807, 2.05) is 0 Å². The van der Waals surface area contributed by atoms with Crippen LogP contribution in [-0.2, 0) is 10.0 Å². The molecule has 0 aliphatic heterocycles. The summed E-state index contributed by atoms with van der Waals surface area (Å²) in [6, 6.07) is 17.1. The van der Waals surface area contributed by atoms with E-state index in [0.29, 0.717) is 22.5 Å². The molecule has 0 aliphatic rings. The van der Waals surface area contributed by atoms with Crippen LogP contribution in [-0.4, -0.2) is 30.4 Å². The summed E-state index contributed by atoms with van der Waals surface area (Å²) in [5.41, 5.74) is 1.08. The predicted molar refractivity (Wildman–Crippen MR) is 125 cm³/mol. The van der Waals surface area contributed by atoms with Gasteiger partial charge in [0.25, 0.3) is 15.7 Å². The van der Waals surface area contributed by atoms with E-state index in [2.05, 4.69) is 20.0 Å². The fraction of sp³-hybridized carbons (Fsp3) is 0.0476. The van der Waals surface area contributed by atoms with Crippen molar-refractivity contribution < 1.29 is 18.1 Å². The Bertz CT molecular complexity index is 1460. The first-order valence-corrected chi connectivity index (χ1v) is 11.3. The summed E-state index contributed by atoms with van der Waals surface area (Å²) in [6.07, 6.45) is 0. The molecule has 0 aliphatic carbocycles. The van der Waals surface area contributed by atoms with Gasteiger partial charge in [0, 0.05) is 11.8 Å². The van der Waals surface area contributed by atoms with Crippen molar-refractivity contribution in [2.75, 3.05) is 17.1 Å². The third-order valence-electron chi connectivity index (χ3n) is 4.58. The van der Waals surface area contributed by atoms with Crippen LogP contribution in [0.15, 0.2) is 71.6 Å². The van der Waals surface area contributed by atoms with Gasteiger partial charge in [0.05, 0.1) is 28.0 Å². The largest absolute Gasteiger partial charge is 0.497 e. The van der Waals surface area contributed by atoms with Crippen LogP contribution in [0.2, 0.25) is 5.02 Å². The van der Waals surface area contributed by atoms with Crippen LogP contribution in [0.4, 0.5) is 23.0 Å². The van der Waals surface area contributed by atoms with Crippen LogP contribution in [0.3, 0.4) is 0 Å². The van der Waals surface area contributed by atoms with Crippen molar-refractivity contribution in [1.82, 2.24) is 9.97 Å². The van der Waals surface area contributed by atoms with E-state index in [4.69, 9.17) is 16.3 Å². The highest BCUT2D eigenvalue weighted by Gasteiger charge is 2.23. The molecule has 10 nitrogen and oxygen atoms in total. The van der Waals surface area contributed by atoms with E-state index >= 15 is 0 Å². The van der Waals surface area contributed by atoms with Gasteiger partial charge in [-0.05, 0) is 48.5 Å². The number of para-hydroxylation sites is 2. The van der Waals surface area contributed by atoms with Crippen LogP contribution in [0.1, 0.15) is 0 Å². The lowest BCUT2D eigenvalue weighted by Crippen LogP contribution is -2.16. The molecule has 0 amide bonds. The Hall–Kier alpha value is -3.96. The van der Waals surface area contributed by atoms with Gasteiger partial charge < -0.3 is 10.1 Å². The molecule has 0 bridgehead atoms. The van der Waals surface area contributed by atoms with Crippen LogP contribution in [0.5, 0.6) is 5.75 Å². The zero-order valence-electron chi connectivity index (χ0n) is 17.0. The molecule has 3 aromatic carbocycles. The molecule has 0 saturated heterocycles. The second-order valence-electron chi connectivity index (χ2n) is 6.74. The lowest BCUT2D eigenvalue weighted by Gasteiger charge is -2.14. The van der Waals surface area contributed by atoms with E-state index in [1.165, 1.54) is 6.07 Å². The third-order valence-corrected chi connectivity index (χ3v) is 6.24. The number of anilines is 3. The minimum atomic E-state index is -4.26. The van der Waals surface area contributed by atoms with Crippen molar-refractivity contribution in [3.63, 3.8) is 0 Å². The van der Waals surface area contributed by atoms with E-state index in [1.54, 1.807) is 55.6 Å². The molecule has 4 rings (SSSR count). The minimum absolute atomic E-state index is 0.0814. The standard InChI is InChI=1S/C21H16ClN5O5S/c1-32-14-8-6-13(7-9-14)23-20-21(25-18-5-3-2-4-17(18)24-20)26-33(30,31)15-10-11-16(22)19(12-15)27(28)29/h2-12H,1H3,(H,23,24)(H,25,26). The summed E-state index contributed by atoms with van der Waals surface area (Å²) in [5, 5.41) is 14.0. The zero-order chi connectivity index (χ0) is 23.6. The molecule has 0 radical (unpaired) electrons. The number of nitrogens with zero attached hydrogens (tertiary/aromatic N) is 3. The normalized spacial score (nSPS) is 11.2. The number of rotatable bonds is 7. The van der Waals surface area contributed by atoms with Gasteiger partial charge in [-0.15, -0.1) is 0 Å². The number of nitrogens with one attached hydrogen (secondary N) is 2. The summed E-state index contributed by atoms with van der Waals surface area (Å²) < 4.78 is 33.6. The molecule has 1 aromatic heterocycles. The van der Waals surface area contributed by atoms with E-state index in [0.717, 1.165) is 12.1 Å². The molecule has 0 saturated carbocycles. The second kappa shape index (κ2) is 8.88. The number of aromatic nitrogens is 2. The first-order chi connectivity index (χ1) is 15.8. The molecular formula is C21H16ClN5O5S. The highest BCUT2D eigenvalue weighted by molar-refractivity contribution is 7.92. The number of hydrogen-bond donors (Lipinski definition) is 2. The van der Waals surface area contributed by atoms with E-state index in [9.17, 15) is 18.5 Å². The van der Waals surface area contributed by atoms with Crippen molar-refractivity contribution in [3.8, 4) is 5.75 Å². The molecule has 33 heavy (non-hydrogen) atoms. The Morgan fingerprint density at radius 1 is 0.970 bits per heavy atom. The van der Waals surface area contributed by atoms with Gasteiger partial charge >= 0.3 is 0 Å². The van der Waals surface area contributed by atoms with E-state index in [-0.39, 0.29) is 21.6 Å². The maximum atomic E-state index is 13.0. The number of nitro benzene ring substituents is 1. The topological polar surface area (TPSA) is 136 Å².